The summed E-state index contributed by atoms with van der Waals surface area (Å²) in [5.74, 6) is -0.733. The Morgan fingerprint density at radius 1 is 1.42 bits per heavy atom. The molecule has 0 aromatic rings. The molecule has 0 bridgehead atoms. The standard InChI is InChI=1S/C12H21N3O4/c1-8(11(17)14-12(13)18)15-6-4-3-5-9(15)7-10(16)19-2/h8-9H,3-7H2,1-2H3,(H3,13,14,17,18). The number of nitrogens with one attached hydrogen (secondary N) is 1. The molecule has 1 aliphatic heterocycles. The molecular weight excluding hydrogens is 250 g/mol. The lowest BCUT2D eigenvalue weighted by molar-refractivity contribution is -0.143. The van der Waals surface area contributed by atoms with Gasteiger partial charge in [0.25, 0.3) is 0 Å². The predicted octanol–water partition coefficient (Wildman–Crippen LogP) is -0.0126. The van der Waals surface area contributed by atoms with Gasteiger partial charge in [0, 0.05) is 6.04 Å². The minimum Gasteiger partial charge on any atom is -0.469 e. The Hall–Kier alpha value is -1.63. The van der Waals surface area contributed by atoms with E-state index in [-0.39, 0.29) is 18.4 Å². The number of hydrogen-bond acceptors (Lipinski definition) is 5. The number of methoxy groups -OCH3 is 1. The van der Waals surface area contributed by atoms with E-state index in [9.17, 15) is 14.4 Å². The van der Waals surface area contributed by atoms with E-state index in [1.807, 2.05) is 4.90 Å². The summed E-state index contributed by atoms with van der Waals surface area (Å²) in [6, 6.07) is -1.39. The van der Waals surface area contributed by atoms with Crippen LogP contribution in [-0.2, 0) is 14.3 Å². The summed E-state index contributed by atoms with van der Waals surface area (Å²) in [5.41, 5.74) is 4.93. The number of imide groups is 1. The van der Waals surface area contributed by atoms with Crippen molar-refractivity contribution in [3.63, 3.8) is 0 Å². The third-order valence-electron chi connectivity index (χ3n) is 3.43. The Bertz CT molecular complexity index is 359. The number of rotatable bonds is 4. The van der Waals surface area contributed by atoms with E-state index in [0.29, 0.717) is 0 Å². The number of urea groups is 1. The van der Waals surface area contributed by atoms with Gasteiger partial charge in [-0.15, -0.1) is 0 Å². The van der Waals surface area contributed by atoms with E-state index in [1.165, 1.54) is 7.11 Å². The summed E-state index contributed by atoms with van der Waals surface area (Å²) < 4.78 is 4.67. The van der Waals surface area contributed by atoms with Gasteiger partial charge in [0.05, 0.1) is 19.6 Å². The van der Waals surface area contributed by atoms with Crippen LogP contribution in [-0.4, -0.2) is 48.5 Å². The number of carbonyl (C=O) groups is 3. The molecule has 0 aliphatic carbocycles. The number of esters is 1. The second kappa shape index (κ2) is 7.08. The Morgan fingerprint density at radius 2 is 2.11 bits per heavy atom. The Kier molecular flexibility index (Phi) is 5.75. The Morgan fingerprint density at radius 3 is 2.68 bits per heavy atom. The fourth-order valence-electron chi connectivity index (χ4n) is 2.40. The van der Waals surface area contributed by atoms with Crippen molar-refractivity contribution < 1.29 is 19.1 Å². The van der Waals surface area contributed by atoms with Crippen LogP contribution >= 0.6 is 0 Å². The quantitative estimate of drug-likeness (QED) is 0.700. The van der Waals surface area contributed by atoms with Gasteiger partial charge >= 0.3 is 12.0 Å². The van der Waals surface area contributed by atoms with Gasteiger partial charge in [0.2, 0.25) is 5.91 Å². The molecule has 7 heteroatoms. The summed E-state index contributed by atoms with van der Waals surface area (Å²) in [4.78, 5) is 35.8. The second-order valence-corrected chi connectivity index (χ2v) is 4.70. The molecule has 1 rings (SSSR count). The maximum atomic E-state index is 11.8. The molecule has 0 aromatic heterocycles. The molecule has 108 valence electrons. The smallest absolute Gasteiger partial charge is 0.318 e. The number of hydrogen-bond donors (Lipinski definition) is 2. The minimum atomic E-state index is -0.863. The number of amides is 3. The zero-order valence-corrected chi connectivity index (χ0v) is 11.3. The van der Waals surface area contributed by atoms with Crippen molar-refractivity contribution in [2.45, 2.75) is 44.7 Å². The largest absolute Gasteiger partial charge is 0.469 e. The number of likely N-dealkylation sites (tertiary alicyclic amines) is 1. The van der Waals surface area contributed by atoms with E-state index in [1.54, 1.807) is 6.92 Å². The third kappa shape index (κ3) is 4.51. The van der Waals surface area contributed by atoms with Crippen LogP contribution in [0.2, 0.25) is 0 Å². The number of nitrogens with two attached hydrogens (primary N) is 1. The van der Waals surface area contributed by atoms with Crippen LogP contribution in [0.3, 0.4) is 0 Å². The summed E-state index contributed by atoms with van der Waals surface area (Å²) >= 11 is 0. The number of carbonyl (C=O) groups excluding carboxylic acids is 3. The second-order valence-electron chi connectivity index (χ2n) is 4.70. The van der Waals surface area contributed by atoms with Crippen molar-refractivity contribution in [3.8, 4) is 0 Å². The van der Waals surface area contributed by atoms with Crippen molar-refractivity contribution in [1.29, 1.82) is 0 Å². The van der Waals surface area contributed by atoms with Gasteiger partial charge in [-0.3, -0.25) is 19.8 Å². The molecule has 3 N–H and O–H groups in total. The molecule has 3 amide bonds. The van der Waals surface area contributed by atoms with Crippen molar-refractivity contribution in [2.24, 2.45) is 5.73 Å². The molecular formula is C12H21N3O4. The van der Waals surface area contributed by atoms with Gasteiger partial charge in [0.1, 0.15) is 0 Å². The molecule has 1 aliphatic rings. The average Bonchev–Trinajstić information content (AvgIpc) is 2.37. The van der Waals surface area contributed by atoms with Crippen LogP contribution in [0.5, 0.6) is 0 Å². The van der Waals surface area contributed by atoms with Crippen LogP contribution in [0, 0.1) is 0 Å². The SMILES string of the molecule is COC(=O)CC1CCCCN1C(C)C(=O)NC(N)=O. The zero-order chi connectivity index (χ0) is 14.4. The van der Waals surface area contributed by atoms with Gasteiger partial charge in [-0.25, -0.2) is 4.79 Å². The lowest BCUT2D eigenvalue weighted by Crippen LogP contribution is -2.53. The molecule has 1 saturated heterocycles. The van der Waals surface area contributed by atoms with Crippen molar-refractivity contribution >= 4 is 17.9 Å². The summed E-state index contributed by atoms with van der Waals surface area (Å²) in [6.07, 6.45) is 3.07. The van der Waals surface area contributed by atoms with E-state index in [2.05, 4.69) is 10.1 Å². The van der Waals surface area contributed by atoms with E-state index >= 15 is 0 Å². The monoisotopic (exact) mass is 271 g/mol. The predicted molar refractivity (Wildman–Crippen MR) is 68.2 cm³/mol. The minimum absolute atomic E-state index is 0.0326. The summed E-state index contributed by atoms with van der Waals surface area (Å²) in [5, 5.41) is 2.07. The van der Waals surface area contributed by atoms with Gasteiger partial charge in [-0.05, 0) is 26.3 Å². The topological polar surface area (TPSA) is 102 Å². The van der Waals surface area contributed by atoms with Gasteiger partial charge in [-0.2, -0.15) is 0 Å². The van der Waals surface area contributed by atoms with E-state index in [4.69, 9.17) is 5.73 Å². The first-order valence-electron chi connectivity index (χ1n) is 6.38. The number of piperidine rings is 1. The average molecular weight is 271 g/mol. The highest BCUT2D eigenvalue weighted by molar-refractivity contribution is 5.96. The summed E-state index contributed by atoms with van der Waals surface area (Å²) in [6.45, 7) is 2.42. The van der Waals surface area contributed by atoms with Gasteiger partial charge in [-0.1, -0.05) is 6.42 Å². The highest BCUT2D eigenvalue weighted by atomic mass is 16.5. The van der Waals surface area contributed by atoms with Crippen molar-refractivity contribution in [1.82, 2.24) is 10.2 Å². The Labute approximate surface area is 112 Å². The van der Waals surface area contributed by atoms with Crippen molar-refractivity contribution in [3.05, 3.63) is 0 Å². The maximum absolute atomic E-state index is 11.8. The van der Waals surface area contributed by atoms with Crippen LogP contribution < -0.4 is 11.1 Å². The Balaban J connectivity index is 2.67. The molecule has 7 nitrogen and oxygen atoms in total. The van der Waals surface area contributed by atoms with Gasteiger partial charge < -0.3 is 10.5 Å². The van der Waals surface area contributed by atoms with Crippen LogP contribution in [0.15, 0.2) is 0 Å². The molecule has 2 atom stereocenters. The highest BCUT2D eigenvalue weighted by Gasteiger charge is 2.32. The molecule has 0 aromatic carbocycles. The van der Waals surface area contributed by atoms with Crippen LogP contribution in [0.25, 0.3) is 0 Å². The van der Waals surface area contributed by atoms with E-state index in [0.717, 1.165) is 25.8 Å². The number of ether oxygens (including phenoxy) is 1. The third-order valence-corrected chi connectivity index (χ3v) is 3.43. The van der Waals surface area contributed by atoms with Gasteiger partial charge in [0.15, 0.2) is 0 Å². The molecule has 0 radical (unpaired) electrons. The lowest BCUT2D eigenvalue weighted by atomic mass is 9.97. The molecule has 0 saturated carbocycles. The number of primary amides is 1. The first-order chi connectivity index (χ1) is 8.95. The zero-order valence-electron chi connectivity index (χ0n) is 11.3. The van der Waals surface area contributed by atoms with Crippen LogP contribution in [0.1, 0.15) is 32.6 Å². The molecule has 1 heterocycles. The summed E-state index contributed by atoms with van der Waals surface area (Å²) in [7, 11) is 1.35. The molecule has 1 fully saturated rings. The maximum Gasteiger partial charge on any atom is 0.318 e. The number of nitrogens with zero attached hydrogens (tertiary/aromatic N) is 1. The molecule has 0 spiro atoms. The molecule has 2 unspecified atom stereocenters. The van der Waals surface area contributed by atoms with E-state index < -0.39 is 18.0 Å². The lowest BCUT2D eigenvalue weighted by Gasteiger charge is -2.38. The fourth-order valence-corrected chi connectivity index (χ4v) is 2.40. The first kappa shape index (κ1) is 15.4. The normalized spacial score (nSPS) is 21.5. The molecule has 19 heavy (non-hydrogen) atoms. The fraction of sp³-hybridized carbons (Fsp3) is 0.750. The first-order valence-corrected chi connectivity index (χ1v) is 6.38. The van der Waals surface area contributed by atoms with Crippen LogP contribution in [0.4, 0.5) is 4.79 Å². The highest BCUT2D eigenvalue weighted by Crippen LogP contribution is 2.22. The van der Waals surface area contributed by atoms with Crippen molar-refractivity contribution in [2.75, 3.05) is 13.7 Å².